The molecule has 1 aliphatic heterocycles. The van der Waals surface area contributed by atoms with Crippen LogP contribution in [0.3, 0.4) is 0 Å². The highest BCUT2D eigenvalue weighted by atomic mass is 127. The molecule has 0 amide bonds. The summed E-state index contributed by atoms with van der Waals surface area (Å²) < 4.78 is 12.8. The second kappa shape index (κ2) is 11.6. The Hall–Kier alpha value is -0.890. The maximum atomic E-state index is 12.8. The number of rotatable bonds is 6. The zero-order valence-corrected chi connectivity index (χ0v) is 16.2. The van der Waals surface area contributed by atoms with Crippen molar-refractivity contribution in [1.82, 2.24) is 15.5 Å². The minimum Gasteiger partial charge on any atom is -0.356 e. The maximum absolute atomic E-state index is 12.8. The van der Waals surface area contributed by atoms with Crippen molar-refractivity contribution in [3.63, 3.8) is 0 Å². The first kappa shape index (κ1) is 20.2. The molecule has 0 saturated carbocycles. The third-order valence-electron chi connectivity index (χ3n) is 4.01. The Morgan fingerprint density at radius 2 is 1.74 bits per heavy atom. The molecule has 0 bridgehead atoms. The number of hydrogen-bond donors (Lipinski definition) is 2. The van der Waals surface area contributed by atoms with E-state index in [2.05, 4.69) is 20.5 Å². The molecule has 0 aromatic heterocycles. The Kier molecular flexibility index (Phi) is 10.2. The molecule has 1 heterocycles. The van der Waals surface area contributed by atoms with Crippen LogP contribution < -0.4 is 10.6 Å². The van der Waals surface area contributed by atoms with E-state index in [-0.39, 0.29) is 29.8 Å². The fraction of sp³-hybridized carbons (Fsp3) is 0.588. The van der Waals surface area contributed by atoms with Crippen LogP contribution in [0.4, 0.5) is 4.39 Å². The number of benzene rings is 1. The second-order valence-electron chi connectivity index (χ2n) is 5.70. The number of aliphatic imine (C=N–C) groups is 1. The Labute approximate surface area is 156 Å². The lowest BCUT2D eigenvalue weighted by Crippen LogP contribution is -2.43. The lowest BCUT2D eigenvalue weighted by Gasteiger charge is -2.26. The van der Waals surface area contributed by atoms with Gasteiger partial charge in [0.05, 0.1) is 0 Å². The van der Waals surface area contributed by atoms with Crippen molar-refractivity contribution < 1.29 is 4.39 Å². The lowest BCUT2D eigenvalue weighted by molar-refractivity contribution is 0.232. The minimum absolute atomic E-state index is 0. The quantitative estimate of drug-likeness (QED) is 0.411. The number of guanidine groups is 1. The highest BCUT2D eigenvalue weighted by molar-refractivity contribution is 14.0. The van der Waals surface area contributed by atoms with Crippen molar-refractivity contribution in [3.05, 3.63) is 35.6 Å². The van der Waals surface area contributed by atoms with E-state index < -0.39 is 0 Å². The Balaban J connectivity index is 0.00000264. The molecule has 1 aromatic rings. The van der Waals surface area contributed by atoms with Crippen molar-refractivity contribution in [2.75, 3.05) is 39.8 Å². The van der Waals surface area contributed by atoms with E-state index in [0.717, 1.165) is 37.6 Å². The number of nitrogens with one attached hydrogen (secondary N) is 2. The van der Waals surface area contributed by atoms with Crippen LogP contribution in [-0.2, 0) is 6.42 Å². The molecule has 1 saturated heterocycles. The first-order valence-corrected chi connectivity index (χ1v) is 8.19. The number of halogens is 2. The molecule has 0 atom stereocenters. The molecule has 0 unspecified atom stereocenters. The van der Waals surface area contributed by atoms with E-state index >= 15 is 0 Å². The molecule has 6 heteroatoms. The van der Waals surface area contributed by atoms with Gasteiger partial charge in [0.1, 0.15) is 5.82 Å². The van der Waals surface area contributed by atoms with Gasteiger partial charge in [0.15, 0.2) is 5.96 Å². The van der Waals surface area contributed by atoms with Crippen molar-refractivity contribution >= 4 is 29.9 Å². The van der Waals surface area contributed by atoms with Gasteiger partial charge in [-0.15, -0.1) is 24.0 Å². The van der Waals surface area contributed by atoms with Crippen molar-refractivity contribution in [1.29, 1.82) is 0 Å². The van der Waals surface area contributed by atoms with Gasteiger partial charge in [0.25, 0.3) is 0 Å². The van der Waals surface area contributed by atoms with E-state index in [9.17, 15) is 4.39 Å². The highest BCUT2D eigenvalue weighted by Gasteiger charge is 2.09. The first-order chi connectivity index (χ1) is 10.8. The summed E-state index contributed by atoms with van der Waals surface area (Å²) in [6.07, 6.45) is 4.87. The van der Waals surface area contributed by atoms with Crippen molar-refractivity contribution in [2.45, 2.75) is 25.7 Å². The Morgan fingerprint density at radius 3 is 2.39 bits per heavy atom. The molecule has 0 radical (unpaired) electrons. The monoisotopic (exact) mass is 434 g/mol. The van der Waals surface area contributed by atoms with Gasteiger partial charge >= 0.3 is 0 Å². The summed E-state index contributed by atoms with van der Waals surface area (Å²) in [6.45, 7) is 5.21. The van der Waals surface area contributed by atoms with Gasteiger partial charge in [-0.25, -0.2) is 4.39 Å². The molecule has 0 aliphatic carbocycles. The zero-order valence-electron chi connectivity index (χ0n) is 13.9. The summed E-state index contributed by atoms with van der Waals surface area (Å²) in [5.41, 5.74) is 1.12. The smallest absolute Gasteiger partial charge is 0.191 e. The Morgan fingerprint density at radius 1 is 1.09 bits per heavy atom. The second-order valence-corrected chi connectivity index (χ2v) is 5.70. The lowest BCUT2D eigenvalue weighted by atomic mass is 10.1. The summed E-state index contributed by atoms with van der Waals surface area (Å²) in [6, 6.07) is 6.65. The van der Waals surface area contributed by atoms with E-state index in [1.807, 2.05) is 12.1 Å². The molecule has 1 aromatic carbocycles. The summed E-state index contributed by atoms with van der Waals surface area (Å²) in [5, 5.41) is 6.65. The first-order valence-electron chi connectivity index (χ1n) is 8.19. The molecule has 23 heavy (non-hydrogen) atoms. The number of nitrogens with zero attached hydrogens (tertiary/aromatic N) is 2. The summed E-state index contributed by atoms with van der Waals surface area (Å²) in [4.78, 5) is 6.73. The average molecular weight is 434 g/mol. The van der Waals surface area contributed by atoms with Crippen LogP contribution in [0.1, 0.15) is 24.8 Å². The molecule has 0 spiro atoms. The average Bonchev–Trinajstić information content (AvgIpc) is 2.56. The molecule has 1 fully saturated rings. The van der Waals surface area contributed by atoms with Crippen LogP contribution in [0.2, 0.25) is 0 Å². The van der Waals surface area contributed by atoms with Gasteiger partial charge in [-0.1, -0.05) is 18.6 Å². The predicted octanol–water partition coefficient (Wildman–Crippen LogP) is 2.64. The minimum atomic E-state index is -0.188. The molecular formula is C17H28FIN4. The molecule has 2 N–H and O–H groups in total. The van der Waals surface area contributed by atoms with Gasteiger partial charge in [-0.2, -0.15) is 0 Å². The number of piperidine rings is 1. The number of hydrogen-bond acceptors (Lipinski definition) is 2. The summed E-state index contributed by atoms with van der Waals surface area (Å²) >= 11 is 0. The van der Waals surface area contributed by atoms with E-state index in [1.54, 1.807) is 7.05 Å². The largest absolute Gasteiger partial charge is 0.356 e. The van der Waals surface area contributed by atoms with Gasteiger partial charge in [-0.05, 0) is 50.0 Å². The summed E-state index contributed by atoms with van der Waals surface area (Å²) in [7, 11) is 1.79. The molecule has 1 aliphatic rings. The van der Waals surface area contributed by atoms with Crippen LogP contribution in [0.5, 0.6) is 0 Å². The van der Waals surface area contributed by atoms with Crippen LogP contribution in [0, 0.1) is 5.82 Å². The van der Waals surface area contributed by atoms with Crippen LogP contribution >= 0.6 is 24.0 Å². The van der Waals surface area contributed by atoms with Gasteiger partial charge in [0, 0.05) is 26.7 Å². The van der Waals surface area contributed by atoms with E-state index in [0.29, 0.717) is 0 Å². The predicted molar refractivity (Wildman–Crippen MR) is 105 cm³/mol. The fourth-order valence-electron chi connectivity index (χ4n) is 2.71. The zero-order chi connectivity index (χ0) is 15.6. The van der Waals surface area contributed by atoms with Crippen LogP contribution in [0.15, 0.2) is 29.3 Å². The summed E-state index contributed by atoms with van der Waals surface area (Å²) in [5.74, 6) is 0.644. The normalized spacial score (nSPS) is 15.8. The SMILES string of the molecule is CN=C(NCCc1ccc(F)cc1)NCCN1CCCCC1.I. The van der Waals surface area contributed by atoms with E-state index in [1.165, 1.54) is 44.5 Å². The van der Waals surface area contributed by atoms with Crippen molar-refractivity contribution in [2.24, 2.45) is 4.99 Å². The third-order valence-corrected chi connectivity index (χ3v) is 4.01. The maximum Gasteiger partial charge on any atom is 0.191 e. The highest BCUT2D eigenvalue weighted by Crippen LogP contribution is 2.07. The van der Waals surface area contributed by atoms with Crippen molar-refractivity contribution in [3.8, 4) is 0 Å². The standard InChI is InChI=1S/C17H27FN4.HI/c1-19-17(21-11-14-22-12-3-2-4-13-22)20-10-9-15-5-7-16(18)8-6-15;/h5-8H,2-4,9-14H2,1H3,(H2,19,20,21);1H. The molecule has 130 valence electrons. The van der Waals surface area contributed by atoms with Gasteiger partial charge < -0.3 is 15.5 Å². The van der Waals surface area contributed by atoms with Crippen LogP contribution in [0.25, 0.3) is 0 Å². The fourth-order valence-corrected chi connectivity index (χ4v) is 2.71. The topological polar surface area (TPSA) is 39.7 Å². The number of likely N-dealkylation sites (tertiary alicyclic amines) is 1. The van der Waals surface area contributed by atoms with E-state index in [4.69, 9.17) is 0 Å². The molecule has 4 nitrogen and oxygen atoms in total. The molecular weight excluding hydrogens is 406 g/mol. The van der Waals surface area contributed by atoms with Gasteiger partial charge in [0.2, 0.25) is 0 Å². The Bertz CT molecular complexity index is 458. The molecule has 2 rings (SSSR count). The van der Waals surface area contributed by atoms with Crippen LogP contribution in [-0.4, -0.2) is 50.6 Å². The van der Waals surface area contributed by atoms with Gasteiger partial charge in [-0.3, -0.25) is 4.99 Å². The third kappa shape index (κ3) is 7.97.